The van der Waals surface area contributed by atoms with Gasteiger partial charge in [-0.25, -0.2) is 0 Å². The number of hydrogen-bond acceptors (Lipinski definition) is 2. The van der Waals surface area contributed by atoms with Gasteiger partial charge in [0.1, 0.15) is 0 Å². The molecule has 2 N–H and O–H groups in total. The predicted octanol–water partition coefficient (Wildman–Crippen LogP) is 0.982. The summed E-state index contributed by atoms with van der Waals surface area (Å²) in [5, 5.41) is 7.18. The summed E-state index contributed by atoms with van der Waals surface area (Å²) >= 11 is 0. The van der Waals surface area contributed by atoms with Crippen molar-refractivity contribution in [1.29, 1.82) is 0 Å². The van der Waals surface area contributed by atoms with Crippen molar-refractivity contribution in [2.45, 2.75) is 38.8 Å². The summed E-state index contributed by atoms with van der Waals surface area (Å²) in [5.41, 5.74) is 0. The van der Waals surface area contributed by atoms with Crippen LogP contribution in [0.3, 0.4) is 0 Å². The van der Waals surface area contributed by atoms with Gasteiger partial charge in [0.05, 0.1) is 0 Å². The summed E-state index contributed by atoms with van der Waals surface area (Å²) in [7, 11) is 0. The van der Waals surface area contributed by atoms with Crippen LogP contribution in [0.25, 0.3) is 0 Å². The molecule has 0 aromatic carbocycles. The molecule has 2 rings (SSSR count). The van der Waals surface area contributed by atoms with Gasteiger partial charge in [-0.2, -0.15) is 0 Å². The molecule has 0 spiro atoms. The summed E-state index contributed by atoms with van der Waals surface area (Å²) in [6.45, 7) is 7.06. The lowest BCUT2D eigenvalue weighted by atomic mass is 9.90. The van der Waals surface area contributed by atoms with Gasteiger partial charge in [0.15, 0.2) is 0 Å². The average molecular weight is 168 g/mol. The van der Waals surface area contributed by atoms with Gasteiger partial charge in [0.2, 0.25) is 0 Å². The summed E-state index contributed by atoms with van der Waals surface area (Å²) in [5.74, 6) is 1.76. The topological polar surface area (TPSA) is 24.1 Å². The number of fused-ring (bicyclic) bond motifs is 1. The van der Waals surface area contributed by atoms with Crippen LogP contribution >= 0.6 is 0 Å². The number of hydrogen-bond donors (Lipinski definition) is 2. The Morgan fingerprint density at radius 1 is 1.33 bits per heavy atom. The molecule has 0 amide bonds. The van der Waals surface area contributed by atoms with Crippen LogP contribution < -0.4 is 10.6 Å². The van der Waals surface area contributed by atoms with E-state index in [0.29, 0.717) is 0 Å². The van der Waals surface area contributed by atoms with E-state index in [2.05, 4.69) is 24.5 Å². The molecule has 2 aliphatic rings. The fourth-order valence-corrected chi connectivity index (χ4v) is 2.52. The molecule has 2 heteroatoms. The Kier molecular flexibility index (Phi) is 2.37. The minimum absolute atomic E-state index is 0.770. The molecular formula is C10H20N2. The van der Waals surface area contributed by atoms with Gasteiger partial charge in [-0.1, -0.05) is 13.8 Å². The molecule has 0 saturated carbocycles. The third-order valence-corrected chi connectivity index (χ3v) is 3.41. The monoisotopic (exact) mass is 168 g/mol. The first-order valence-electron chi connectivity index (χ1n) is 5.24. The normalized spacial score (nSPS) is 41.8. The Hall–Kier alpha value is -0.0800. The van der Waals surface area contributed by atoms with Crippen LogP contribution in [-0.4, -0.2) is 25.2 Å². The quantitative estimate of drug-likeness (QED) is 0.610. The Balaban J connectivity index is 1.94. The van der Waals surface area contributed by atoms with Crippen molar-refractivity contribution < 1.29 is 0 Å². The smallest absolute Gasteiger partial charge is 0.0224 e. The van der Waals surface area contributed by atoms with Gasteiger partial charge in [-0.05, 0) is 31.2 Å². The van der Waals surface area contributed by atoms with Gasteiger partial charge in [-0.3, -0.25) is 0 Å². The summed E-state index contributed by atoms with van der Waals surface area (Å²) < 4.78 is 0. The van der Waals surface area contributed by atoms with Crippen molar-refractivity contribution in [3.63, 3.8) is 0 Å². The molecule has 0 aliphatic carbocycles. The van der Waals surface area contributed by atoms with Crippen LogP contribution in [0.4, 0.5) is 0 Å². The maximum absolute atomic E-state index is 3.73. The molecule has 2 saturated heterocycles. The Bertz CT molecular complexity index is 142. The minimum atomic E-state index is 0.770. The highest BCUT2D eigenvalue weighted by Crippen LogP contribution is 2.28. The highest BCUT2D eigenvalue weighted by molar-refractivity contribution is 4.95. The highest BCUT2D eigenvalue weighted by Gasteiger charge is 2.35. The highest BCUT2D eigenvalue weighted by atomic mass is 15.1. The predicted molar refractivity (Wildman–Crippen MR) is 51.1 cm³/mol. The third-order valence-electron chi connectivity index (χ3n) is 3.41. The lowest BCUT2D eigenvalue weighted by Gasteiger charge is -2.25. The van der Waals surface area contributed by atoms with Crippen LogP contribution in [-0.2, 0) is 0 Å². The van der Waals surface area contributed by atoms with Crippen molar-refractivity contribution in [2.75, 3.05) is 13.1 Å². The SMILES string of the molecule is CC(C)C1CC2CCNCC2N1. The van der Waals surface area contributed by atoms with Crippen molar-refractivity contribution in [2.24, 2.45) is 11.8 Å². The molecule has 2 heterocycles. The summed E-state index contributed by atoms with van der Waals surface area (Å²) in [6.07, 6.45) is 2.78. The Labute approximate surface area is 75.1 Å². The standard InChI is InChI=1S/C10H20N2/c1-7(2)9-5-8-3-4-11-6-10(8)12-9/h7-12H,3-6H2,1-2H3. The molecule has 12 heavy (non-hydrogen) atoms. The lowest BCUT2D eigenvalue weighted by Crippen LogP contribution is -2.45. The molecule has 0 radical (unpaired) electrons. The molecule has 3 atom stereocenters. The Morgan fingerprint density at radius 3 is 2.83 bits per heavy atom. The van der Waals surface area contributed by atoms with E-state index in [9.17, 15) is 0 Å². The zero-order valence-electron chi connectivity index (χ0n) is 8.14. The zero-order chi connectivity index (χ0) is 8.55. The fraction of sp³-hybridized carbons (Fsp3) is 1.00. The van der Waals surface area contributed by atoms with Gasteiger partial charge < -0.3 is 10.6 Å². The molecular weight excluding hydrogens is 148 g/mol. The Morgan fingerprint density at radius 2 is 2.17 bits per heavy atom. The van der Waals surface area contributed by atoms with Gasteiger partial charge in [-0.15, -0.1) is 0 Å². The molecule has 2 aliphatic heterocycles. The molecule has 2 fully saturated rings. The molecule has 3 unspecified atom stereocenters. The van der Waals surface area contributed by atoms with Crippen molar-refractivity contribution >= 4 is 0 Å². The van der Waals surface area contributed by atoms with E-state index in [4.69, 9.17) is 0 Å². The first-order valence-corrected chi connectivity index (χ1v) is 5.24. The summed E-state index contributed by atoms with van der Waals surface area (Å²) in [6, 6.07) is 1.55. The van der Waals surface area contributed by atoms with Gasteiger partial charge in [0, 0.05) is 18.6 Å². The lowest BCUT2D eigenvalue weighted by molar-refractivity contribution is 0.342. The second kappa shape index (κ2) is 3.35. The van der Waals surface area contributed by atoms with E-state index in [0.717, 1.165) is 23.9 Å². The van der Waals surface area contributed by atoms with E-state index in [1.165, 1.54) is 25.9 Å². The largest absolute Gasteiger partial charge is 0.315 e. The maximum atomic E-state index is 3.73. The van der Waals surface area contributed by atoms with Crippen LogP contribution in [0.2, 0.25) is 0 Å². The van der Waals surface area contributed by atoms with Gasteiger partial charge in [0.25, 0.3) is 0 Å². The fourth-order valence-electron chi connectivity index (χ4n) is 2.52. The van der Waals surface area contributed by atoms with E-state index >= 15 is 0 Å². The second-order valence-corrected chi connectivity index (χ2v) is 4.61. The van der Waals surface area contributed by atoms with Crippen LogP contribution in [0.1, 0.15) is 26.7 Å². The maximum Gasteiger partial charge on any atom is 0.0224 e. The first-order chi connectivity index (χ1) is 5.77. The molecule has 0 bridgehead atoms. The number of nitrogens with one attached hydrogen (secondary N) is 2. The average Bonchev–Trinajstić information content (AvgIpc) is 2.46. The van der Waals surface area contributed by atoms with E-state index in [1.54, 1.807) is 0 Å². The van der Waals surface area contributed by atoms with Crippen molar-refractivity contribution in [1.82, 2.24) is 10.6 Å². The van der Waals surface area contributed by atoms with Crippen molar-refractivity contribution in [3.05, 3.63) is 0 Å². The van der Waals surface area contributed by atoms with E-state index < -0.39 is 0 Å². The van der Waals surface area contributed by atoms with Gasteiger partial charge >= 0.3 is 0 Å². The second-order valence-electron chi connectivity index (χ2n) is 4.61. The number of rotatable bonds is 1. The molecule has 70 valence electrons. The molecule has 0 aromatic heterocycles. The molecule has 2 nitrogen and oxygen atoms in total. The van der Waals surface area contributed by atoms with Crippen LogP contribution in [0.15, 0.2) is 0 Å². The van der Waals surface area contributed by atoms with E-state index in [-0.39, 0.29) is 0 Å². The first kappa shape index (κ1) is 8.52. The third kappa shape index (κ3) is 1.50. The summed E-state index contributed by atoms with van der Waals surface area (Å²) in [4.78, 5) is 0. The van der Waals surface area contributed by atoms with Crippen molar-refractivity contribution in [3.8, 4) is 0 Å². The number of piperidine rings is 1. The van der Waals surface area contributed by atoms with Crippen LogP contribution in [0.5, 0.6) is 0 Å². The van der Waals surface area contributed by atoms with E-state index in [1.807, 2.05) is 0 Å². The molecule has 0 aromatic rings. The minimum Gasteiger partial charge on any atom is -0.315 e. The zero-order valence-corrected chi connectivity index (χ0v) is 8.14. The van der Waals surface area contributed by atoms with Crippen LogP contribution in [0, 0.1) is 11.8 Å².